The Labute approximate surface area is 161 Å². The molecule has 0 spiro atoms. The van der Waals surface area contributed by atoms with Gasteiger partial charge in [-0.3, -0.25) is 14.8 Å². The molecule has 3 rings (SSSR count). The molecule has 0 bridgehead atoms. The van der Waals surface area contributed by atoms with Crippen LogP contribution in [0.3, 0.4) is 0 Å². The summed E-state index contributed by atoms with van der Waals surface area (Å²) in [6.07, 6.45) is 8.18. The topological polar surface area (TPSA) is 58.1 Å². The highest BCUT2D eigenvalue weighted by Gasteiger charge is 2.26. The van der Waals surface area contributed by atoms with Crippen molar-refractivity contribution in [3.63, 3.8) is 0 Å². The van der Waals surface area contributed by atoms with Gasteiger partial charge in [-0.25, -0.2) is 0 Å². The van der Waals surface area contributed by atoms with Crippen molar-refractivity contribution in [2.24, 2.45) is 0 Å². The van der Waals surface area contributed by atoms with Gasteiger partial charge in [-0.05, 0) is 56.6 Å². The van der Waals surface area contributed by atoms with Gasteiger partial charge in [0.2, 0.25) is 0 Å². The first kappa shape index (κ1) is 21.4. The SMILES string of the molecule is Cl.Cl.O=C(c1cccnc1)N(Cc1ccccn1)C1CCCNCC1. The molecule has 0 aliphatic carbocycles. The molecule has 25 heavy (non-hydrogen) atoms. The molecule has 1 N–H and O–H groups in total. The zero-order valence-corrected chi connectivity index (χ0v) is 15.6. The maximum atomic E-state index is 13.0. The van der Waals surface area contributed by atoms with Crippen molar-refractivity contribution >= 4 is 30.7 Å². The fourth-order valence-electron chi connectivity index (χ4n) is 3.00. The van der Waals surface area contributed by atoms with Gasteiger partial charge in [0.15, 0.2) is 0 Å². The summed E-state index contributed by atoms with van der Waals surface area (Å²) in [5.41, 5.74) is 1.56. The van der Waals surface area contributed by atoms with E-state index in [1.807, 2.05) is 29.2 Å². The van der Waals surface area contributed by atoms with Crippen molar-refractivity contribution in [1.29, 1.82) is 0 Å². The monoisotopic (exact) mass is 382 g/mol. The number of halogens is 2. The summed E-state index contributed by atoms with van der Waals surface area (Å²) in [5.74, 6) is 0.0376. The van der Waals surface area contributed by atoms with Gasteiger partial charge in [0, 0.05) is 24.6 Å². The van der Waals surface area contributed by atoms with Crippen LogP contribution in [0.15, 0.2) is 48.9 Å². The minimum absolute atomic E-state index is 0. The van der Waals surface area contributed by atoms with Crippen LogP contribution in [-0.2, 0) is 6.54 Å². The standard InChI is InChI=1S/C18H22N4O.2ClH/c23-18(15-5-3-10-20-13-15)22(14-16-6-1-2-11-21-16)17-7-4-9-19-12-8-17;;/h1-3,5-6,10-11,13,17,19H,4,7-9,12,14H2;2*1H. The number of carbonyl (C=O) groups excluding carboxylic acids is 1. The van der Waals surface area contributed by atoms with Crippen molar-refractivity contribution in [3.8, 4) is 0 Å². The van der Waals surface area contributed by atoms with Gasteiger partial charge in [-0.15, -0.1) is 24.8 Å². The minimum atomic E-state index is 0. The Morgan fingerprint density at radius 1 is 1.12 bits per heavy atom. The quantitative estimate of drug-likeness (QED) is 0.882. The zero-order chi connectivity index (χ0) is 15.9. The van der Waals surface area contributed by atoms with Crippen LogP contribution in [0.2, 0.25) is 0 Å². The van der Waals surface area contributed by atoms with E-state index < -0.39 is 0 Å². The number of pyridine rings is 2. The summed E-state index contributed by atoms with van der Waals surface area (Å²) in [5, 5.41) is 3.41. The third-order valence-electron chi connectivity index (χ3n) is 4.21. The van der Waals surface area contributed by atoms with Crippen molar-refractivity contribution in [2.45, 2.75) is 31.8 Å². The molecule has 1 amide bonds. The van der Waals surface area contributed by atoms with E-state index >= 15 is 0 Å². The lowest BCUT2D eigenvalue weighted by Crippen LogP contribution is -2.40. The van der Waals surface area contributed by atoms with Gasteiger partial charge < -0.3 is 10.2 Å². The molecule has 1 unspecified atom stereocenters. The molecule has 1 saturated heterocycles. The van der Waals surface area contributed by atoms with Crippen molar-refractivity contribution in [3.05, 3.63) is 60.2 Å². The Morgan fingerprint density at radius 3 is 2.72 bits per heavy atom. The zero-order valence-electron chi connectivity index (χ0n) is 14.0. The normalized spacial score (nSPS) is 16.7. The number of carbonyl (C=O) groups is 1. The fraction of sp³-hybridized carbons (Fsp3) is 0.389. The molecule has 5 nitrogen and oxygen atoms in total. The largest absolute Gasteiger partial charge is 0.330 e. The molecule has 0 radical (unpaired) electrons. The second-order valence-corrected chi connectivity index (χ2v) is 5.83. The van der Waals surface area contributed by atoms with Gasteiger partial charge in [-0.2, -0.15) is 0 Å². The van der Waals surface area contributed by atoms with Crippen molar-refractivity contribution < 1.29 is 4.79 Å². The third kappa shape index (κ3) is 5.96. The number of nitrogens with zero attached hydrogens (tertiary/aromatic N) is 3. The second kappa shape index (κ2) is 11.0. The molecule has 0 aromatic carbocycles. The maximum absolute atomic E-state index is 13.0. The highest BCUT2D eigenvalue weighted by atomic mass is 35.5. The van der Waals surface area contributed by atoms with Crippen molar-refractivity contribution in [1.82, 2.24) is 20.2 Å². The molecule has 1 fully saturated rings. The minimum Gasteiger partial charge on any atom is -0.330 e. The first-order valence-electron chi connectivity index (χ1n) is 8.16. The van der Waals surface area contributed by atoms with E-state index in [2.05, 4.69) is 15.3 Å². The molecule has 0 saturated carbocycles. The van der Waals surface area contributed by atoms with Crippen LogP contribution in [0.25, 0.3) is 0 Å². The third-order valence-corrected chi connectivity index (χ3v) is 4.21. The smallest absolute Gasteiger partial charge is 0.256 e. The van der Waals surface area contributed by atoms with Crippen LogP contribution in [0.5, 0.6) is 0 Å². The number of aromatic nitrogens is 2. The molecule has 1 aliphatic rings. The van der Waals surface area contributed by atoms with Crippen LogP contribution in [-0.4, -0.2) is 39.9 Å². The summed E-state index contributed by atoms with van der Waals surface area (Å²) < 4.78 is 0. The van der Waals surface area contributed by atoms with E-state index in [0.717, 1.165) is 38.0 Å². The van der Waals surface area contributed by atoms with E-state index in [1.165, 1.54) is 0 Å². The van der Waals surface area contributed by atoms with Gasteiger partial charge in [-0.1, -0.05) is 6.07 Å². The molecular weight excluding hydrogens is 359 g/mol. The average molecular weight is 383 g/mol. The Morgan fingerprint density at radius 2 is 2.00 bits per heavy atom. The number of rotatable bonds is 4. The molecule has 3 heterocycles. The number of nitrogens with one attached hydrogen (secondary N) is 1. The number of hydrogen-bond acceptors (Lipinski definition) is 4. The molecular formula is C18H24Cl2N4O. The van der Waals surface area contributed by atoms with Crippen LogP contribution < -0.4 is 5.32 Å². The van der Waals surface area contributed by atoms with Crippen LogP contribution in [0.4, 0.5) is 0 Å². The second-order valence-electron chi connectivity index (χ2n) is 5.83. The summed E-state index contributed by atoms with van der Waals surface area (Å²) in [4.78, 5) is 23.4. The van der Waals surface area contributed by atoms with Crippen molar-refractivity contribution in [2.75, 3.05) is 13.1 Å². The first-order valence-corrected chi connectivity index (χ1v) is 8.16. The van der Waals surface area contributed by atoms with Crippen LogP contribution in [0.1, 0.15) is 35.3 Å². The molecule has 2 aromatic rings. The number of hydrogen-bond donors (Lipinski definition) is 1. The molecule has 1 aliphatic heterocycles. The predicted octanol–water partition coefficient (Wildman–Crippen LogP) is 3.10. The van der Waals surface area contributed by atoms with E-state index in [9.17, 15) is 4.79 Å². The highest BCUT2D eigenvalue weighted by Crippen LogP contribution is 2.19. The predicted molar refractivity (Wildman–Crippen MR) is 103 cm³/mol. The van der Waals surface area contributed by atoms with Crippen LogP contribution >= 0.6 is 24.8 Å². The van der Waals surface area contributed by atoms with Gasteiger partial charge in [0.25, 0.3) is 5.91 Å². The Kier molecular flexibility index (Phi) is 9.42. The fourth-order valence-corrected chi connectivity index (χ4v) is 3.00. The Balaban J connectivity index is 0.00000156. The molecule has 7 heteroatoms. The highest BCUT2D eigenvalue weighted by molar-refractivity contribution is 5.94. The average Bonchev–Trinajstić information content (AvgIpc) is 2.90. The maximum Gasteiger partial charge on any atom is 0.256 e. The molecule has 136 valence electrons. The summed E-state index contributed by atoms with van der Waals surface area (Å²) in [7, 11) is 0. The lowest BCUT2D eigenvalue weighted by molar-refractivity contribution is 0.0642. The van der Waals surface area contributed by atoms with Crippen LogP contribution in [0, 0.1) is 0 Å². The summed E-state index contributed by atoms with van der Waals surface area (Å²) >= 11 is 0. The lowest BCUT2D eigenvalue weighted by atomic mass is 10.1. The van der Waals surface area contributed by atoms with Gasteiger partial charge in [0.05, 0.1) is 17.8 Å². The molecule has 1 atom stereocenters. The van der Waals surface area contributed by atoms with E-state index in [4.69, 9.17) is 0 Å². The van der Waals surface area contributed by atoms with E-state index in [-0.39, 0.29) is 36.8 Å². The van der Waals surface area contributed by atoms with Gasteiger partial charge >= 0.3 is 0 Å². The lowest BCUT2D eigenvalue weighted by Gasteiger charge is -2.31. The van der Waals surface area contributed by atoms with E-state index in [0.29, 0.717) is 12.1 Å². The summed E-state index contributed by atoms with van der Waals surface area (Å²) in [6.45, 7) is 2.51. The molecule has 2 aromatic heterocycles. The first-order chi connectivity index (χ1) is 11.3. The number of amides is 1. The Bertz CT molecular complexity index is 619. The summed E-state index contributed by atoms with van der Waals surface area (Å²) in [6, 6.07) is 9.70. The van der Waals surface area contributed by atoms with Gasteiger partial charge in [0.1, 0.15) is 0 Å². The van der Waals surface area contributed by atoms with E-state index in [1.54, 1.807) is 24.7 Å². The Hall–Kier alpha value is -1.69.